The Labute approximate surface area is 47.5 Å². The topological polar surface area (TPSA) is 12.0 Å². The zero-order chi connectivity index (χ0) is 4.95. The summed E-state index contributed by atoms with van der Waals surface area (Å²) in [4.78, 5) is 0. The molecule has 1 aliphatic heterocycles. The van der Waals surface area contributed by atoms with Gasteiger partial charge in [-0.05, 0) is 17.6 Å². The van der Waals surface area contributed by atoms with Gasteiger partial charge < -0.3 is 5.32 Å². The van der Waals surface area contributed by atoms with Crippen molar-refractivity contribution in [2.45, 2.75) is 0 Å². The van der Waals surface area contributed by atoms with Gasteiger partial charge in [0.2, 0.25) is 0 Å². The quantitative estimate of drug-likeness (QED) is 0.504. The Balaban J connectivity index is 2.39. The summed E-state index contributed by atoms with van der Waals surface area (Å²) in [6, 6.07) is 0. The Morgan fingerprint density at radius 2 is 2.71 bits per heavy atom. The van der Waals surface area contributed by atoms with Crippen LogP contribution in [0.2, 0.25) is 0 Å². The first-order valence-electron chi connectivity index (χ1n) is 2.08. The molecule has 0 saturated heterocycles. The molecule has 1 radical (unpaired) electrons. The normalized spacial score (nSPS) is 18.3. The molecule has 37 valence electrons. The molecule has 1 aliphatic rings. The largest absolute Gasteiger partial charge is 0.381 e. The van der Waals surface area contributed by atoms with Gasteiger partial charge in [0, 0.05) is 6.20 Å². The second kappa shape index (κ2) is 2.75. The van der Waals surface area contributed by atoms with Crippen LogP contribution in [0.25, 0.3) is 0 Å². The number of allylic oxidation sites excluding steroid dienone is 2. The fourth-order valence-corrected chi connectivity index (χ4v) is 0.783. The molecule has 0 aromatic rings. The van der Waals surface area contributed by atoms with E-state index in [2.05, 4.69) is 11.4 Å². The van der Waals surface area contributed by atoms with Crippen LogP contribution in [0.4, 0.5) is 0 Å². The molecule has 0 unspecified atom stereocenters. The molecule has 1 heterocycles. The molecule has 0 amide bonds. The highest BCUT2D eigenvalue weighted by molar-refractivity contribution is 8.02. The van der Waals surface area contributed by atoms with Crippen LogP contribution in [0.3, 0.4) is 0 Å². The summed E-state index contributed by atoms with van der Waals surface area (Å²) in [5, 5.41) is 5.02. The van der Waals surface area contributed by atoms with Crippen molar-refractivity contribution in [3.8, 4) is 0 Å². The van der Waals surface area contributed by atoms with Crippen molar-refractivity contribution >= 4 is 11.8 Å². The van der Waals surface area contributed by atoms with Crippen LogP contribution in [0, 0.1) is 6.08 Å². The van der Waals surface area contributed by atoms with Crippen LogP contribution >= 0.6 is 11.8 Å². The van der Waals surface area contributed by atoms with Crippen LogP contribution in [0.1, 0.15) is 0 Å². The maximum absolute atomic E-state index is 3.01. The molecule has 1 N–H and O–H groups in total. The summed E-state index contributed by atoms with van der Waals surface area (Å²) < 4.78 is 0. The molecule has 1 rings (SSSR count). The minimum atomic E-state index is 0.962. The monoisotopic (exact) mass is 112 g/mol. The fourth-order valence-electron chi connectivity index (χ4n) is 0.332. The Kier molecular flexibility index (Phi) is 1.88. The van der Waals surface area contributed by atoms with Gasteiger partial charge in [0.15, 0.2) is 0 Å². The minimum Gasteiger partial charge on any atom is -0.381 e. The van der Waals surface area contributed by atoms with Crippen molar-refractivity contribution in [1.82, 2.24) is 5.32 Å². The summed E-state index contributed by atoms with van der Waals surface area (Å²) in [7, 11) is 0. The molecule has 0 saturated carbocycles. The lowest BCUT2D eigenvalue weighted by molar-refractivity contribution is 1.06. The first kappa shape index (κ1) is 4.78. The van der Waals surface area contributed by atoms with Gasteiger partial charge in [-0.1, -0.05) is 0 Å². The number of rotatable bonds is 0. The third-order valence-corrected chi connectivity index (χ3v) is 1.27. The number of hydrogen-bond donors (Lipinski definition) is 1. The van der Waals surface area contributed by atoms with Crippen LogP contribution in [0.15, 0.2) is 17.7 Å². The van der Waals surface area contributed by atoms with E-state index in [0.29, 0.717) is 0 Å². The summed E-state index contributed by atoms with van der Waals surface area (Å²) in [5.41, 5.74) is 0. The summed E-state index contributed by atoms with van der Waals surface area (Å²) in [5.74, 6) is 0.962. The highest BCUT2D eigenvalue weighted by Gasteiger charge is 1.79. The first-order chi connectivity index (χ1) is 3.50. The van der Waals surface area contributed by atoms with Gasteiger partial charge >= 0.3 is 0 Å². The molecule has 0 fully saturated rings. The van der Waals surface area contributed by atoms with Gasteiger partial charge in [0.1, 0.15) is 0 Å². The summed E-state index contributed by atoms with van der Waals surface area (Å²) >= 11 is 1.73. The number of nitrogens with one attached hydrogen (secondary N) is 1. The third kappa shape index (κ3) is 1.69. The van der Waals surface area contributed by atoms with E-state index in [1.54, 1.807) is 11.8 Å². The van der Waals surface area contributed by atoms with Gasteiger partial charge in [-0.2, -0.15) is 0 Å². The molecular formula is C5H6NS. The second-order valence-corrected chi connectivity index (χ2v) is 2.02. The second-order valence-electron chi connectivity index (χ2n) is 1.13. The van der Waals surface area contributed by atoms with E-state index >= 15 is 0 Å². The molecule has 0 aromatic carbocycles. The molecule has 0 bridgehead atoms. The molecule has 0 aliphatic carbocycles. The van der Waals surface area contributed by atoms with Crippen molar-refractivity contribution in [2.24, 2.45) is 0 Å². The lowest BCUT2D eigenvalue weighted by Crippen LogP contribution is -1.99. The van der Waals surface area contributed by atoms with Gasteiger partial charge in [-0.25, -0.2) is 0 Å². The molecule has 0 aromatic heterocycles. The standard InChI is InChI=1S/C5H6NS/c1-2-4-7-5-6-3-1/h2-4,6H,5H2. The lowest BCUT2D eigenvalue weighted by Gasteiger charge is -1.88. The predicted octanol–water partition coefficient (Wildman–Crippen LogP) is 1.11. The Morgan fingerprint density at radius 3 is 3.71 bits per heavy atom. The van der Waals surface area contributed by atoms with E-state index in [-0.39, 0.29) is 0 Å². The molecule has 2 heteroatoms. The SMILES string of the molecule is [C]1=CNCSC=C1. The third-order valence-electron chi connectivity index (χ3n) is 0.613. The van der Waals surface area contributed by atoms with E-state index in [4.69, 9.17) is 0 Å². The number of thioether (sulfide) groups is 1. The maximum atomic E-state index is 3.01. The van der Waals surface area contributed by atoms with E-state index in [1.165, 1.54) is 0 Å². The smallest absolute Gasteiger partial charge is 0.0645 e. The van der Waals surface area contributed by atoms with Crippen molar-refractivity contribution in [3.63, 3.8) is 0 Å². The van der Waals surface area contributed by atoms with Gasteiger partial charge in [0.05, 0.1) is 5.88 Å². The van der Waals surface area contributed by atoms with Crippen molar-refractivity contribution < 1.29 is 0 Å². The van der Waals surface area contributed by atoms with Crippen LogP contribution in [-0.4, -0.2) is 5.88 Å². The predicted molar refractivity (Wildman–Crippen MR) is 32.5 cm³/mol. The van der Waals surface area contributed by atoms with E-state index in [1.807, 2.05) is 17.7 Å². The summed E-state index contributed by atoms with van der Waals surface area (Å²) in [6.07, 6.45) is 6.62. The molecule has 7 heavy (non-hydrogen) atoms. The Hall–Kier alpha value is -0.370. The number of hydrogen-bond acceptors (Lipinski definition) is 2. The Bertz CT molecular complexity index is 84.3. The van der Waals surface area contributed by atoms with Crippen LogP contribution in [0.5, 0.6) is 0 Å². The van der Waals surface area contributed by atoms with Crippen LogP contribution < -0.4 is 5.32 Å². The average molecular weight is 112 g/mol. The highest BCUT2D eigenvalue weighted by atomic mass is 32.2. The first-order valence-corrected chi connectivity index (χ1v) is 3.13. The van der Waals surface area contributed by atoms with Crippen molar-refractivity contribution in [3.05, 3.63) is 23.8 Å². The fraction of sp³-hybridized carbons (Fsp3) is 0.200. The lowest BCUT2D eigenvalue weighted by atomic mass is 10.6. The van der Waals surface area contributed by atoms with Gasteiger partial charge in [-0.15, -0.1) is 11.8 Å². The zero-order valence-electron chi connectivity index (χ0n) is 3.85. The molecule has 0 atom stereocenters. The zero-order valence-corrected chi connectivity index (χ0v) is 4.66. The highest BCUT2D eigenvalue weighted by Crippen LogP contribution is 2.00. The summed E-state index contributed by atoms with van der Waals surface area (Å²) in [6.45, 7) is 0. The minimum absolute atomic E-state index is 0.962. The van der Waals surface area contributed by atoms with E-state index < -0.39 is 0 Å². The van der Waals surface area contributed by atoms with E-state index in [9.17, 15) is 0 Å². The average Bonchev–Trinajstić information content (AvgIpc) is 1.90. The maximum Gasteiger partial charge on any atom is 0.0645 e. The van der Waals surface area contributed by atoms with Crippen molar-refractivity contribution in [1.29, 1.82) is 0 Å². The molecular weight excluding hydrogens is 106 g/mol. The molecule has 1 nitrogen and oxygen atoms in total. The van der Waals surface area contributed by atoms with Gasteiger partial charge in [-0.3, -0.25) is 0 Å². The Morgan fingerprint density at radius 1 is 1.71 bits per heavy atom. The van der Waals surface area contributed by atoms with Gasteiger partial charge in [0.25, 0.3) is 0 Å². The molecule has 0 spiro atoms. The van der Waals surface area contributed by atoms with Crippen LogP contribution in [-0.2, 0) is 0 Å². The van der Waals surface area contributed by atoms with Crippen molar-refractivity contribution in [2.75, 3.05) is 5.88 Å². The van der Waals surface area contributed by atoms with E-state index in [0.717, 1.165) is 5.88 Å².